The van der Waals surface area contributed by atoms with Crippen LogP contribution in [0.4, 0.5) is 0 Å². The van der Waals surface area contributed by atoms with Gasteiger partial charge in [-0.2, -0.15) is 0 Å². The van der Waals surface area contributed by atoms with Crippen LogP contribution in [0, 0.1) is 20.8 Å². The van der Waals surface area contributed by atoms with Crippen molar-refractivity contribution >= 4 is 27.6 Å². The lowest BCUT2D eigenvalue weighted by molar-refractivity contribution is -0.160. The Labute approximate surface area is 217 Å². The van der Waals surface area contributed by atoms with E-state index >= 15 is 0 Å². The van der Waals surface area contributed by atoms with E-state index in [0.29, 0.717) is 35.2 Å². The van der Waals surface area contributed by atoms with Crippen LogP contribution < -0.4 is 5.56 Å². The van der Waals surface area contributed by atoms with Crippen LogP contribution in [0.2, 0.25) is 0 Å². The van der Waals surface area contributed by atoms with E-state index in [2.05, 4.69) is 0 Å². The van der Waals surface area contributed by atoms with Crippen LogP contribution >= 0.6 is 0 Å². The van der Waals surface area contributed by atoms with Gasteiger partial charge in [0.25, 0.3) is 5.56 Å². The molecule has 3 aromatic carbocycles. The number of fused-ring (bicyclic) bond motifs is 3. The summed E-state index contributed by atoms with van der Waals surface area (Å²) < 4.78 is 13.2. The summed E-state index contributed by atoms with van der Waals surface area (Å²) in [5.74, 6) is -1.07. The topological polar surface area (TPSA) is 77.8 Å². The number of aromatic nitrogens is 1. The van der Waals surface area contributed by atoms with Crippen LogP contribution in [0.1, 0.15) is 49.1 Å². The summed E-state index contributed by atoms with van der Waals surface area (Å²) in [6.07, 6.45) is -1.23. The molecule has 1 aromatic heterocycles. The second kappa shape index (κ2) is 10.1. The number of nitrogens with zero attached hydrogens (tertiary/aromatic N) is 1. The normalized spacial score (nSPS) is 12.8. The number of aliphatic carboxylic acids is 1. The molecule has 4 rings (SSSR count). The van der Waals surface area contributed by atoms with Gasteiger partial charge < -0.3 is 19.1 Å². The van der Waals surface area contributed by atoms with Gasteiger partial charge in [0.05, 0.1) is 17.7 Å². The number of carbonyl (C=O) groups is 1. The van der Waals surface area contributed by atoms with Gasteiger partial charge in [-0.1, -0.05) is 48.0 Å². The summed E-state index contributed by atoms with van der Waals surface area (Å²) >= 11 is 0. The summed E-state index contributed by atoms with van der Waals surface area (Å²) in [5, 5.41) is 12.8. The van der Waals surface area contributed by atoms with Gasteiger partial charge in [-0.05, 0) is 75.2 Å². The standard InChI is InChI=1S/C31H35NO5/c1-18-12-14-21(15-13-18)24-19(2)25-22-10-8-9-11-23(22)29(33)32(16-17-36-7)27(25)20(3)26(24)28(30(34)35)37-31(4,5)6/h8-15,28H,16-17H2,1-7H3,(H,34,35)/t28-/m0/s1. The summed E-state index contributed by atoms with van der Waals surface area (Å²) in [6, 6.07) is 15.7. The molecule has 1 heterocycles. The Kier molecular flexibility index (Phi) is 7.27. The Morgan fingerprint density at radius 1 is 0.973 bits per heavy atom. The lowest BCUT2D eigenvalue weighted by Gasteiger charge is -2.30. The van der Waals surface area contributed by atoms with Crippen molar-refractivity contribution < 1.29 is 19.4 Å². The molecule has 0 spiro atoms. The van der Waals surface area contributed by atoms with E-state index in [9.17, 15) is 14.7 Å². The molecule has 1 atom stereocenters. The lowest BCUT2D eigenvalue weighted by Crippen LogP contribution is -2.29. The average Bonchev–Trinajstić information content (AvgIpc) is 2.84. The molecule has 0 aliphatic rings. The first-order valence-electron chi connectivity index (χ1n) is 12.5. The van der Waals surface area contributed by atoms with Crippen molar-refractivity contribution in [3.8, 4) is 11.1 Å². The fraction of sp³-hybridized carbons (Fsp3) is 0.355. The highest BCUT2D eigenvalue weighted by Crippen LogP contribution is 2.43. The van der Waals surface area contributed by atoms with Gasteiger partial charge in [-0.15, -0.1) is 0 Å². The van der Waals surface area contributed by atoms with Crippen LogP contribution in [0.3, 0.4) is 0 Å². The smallest absolute Gasteiger partial charge is 0.337 e. The van der Waals surface area contributed by atoms with Crippen molar-refractivity contribution in [2.24, 2.45) is 0 Å². The number of hydrogen-bond acceptors (Lipinski definition) is 4. The Bertz CT molecular complexity index is 1540. The van der Waals surface area contributed by atoms with Crippen LogP contribution in [0.15, 0.2) is 53.3 Å². The minimum absolute atomic E-state index is 0.125. The van der Waals surface area contributed by atoms with Gasteiger partial charge in [0.15, 0.2) is 6.10 Å². The zero-order chi connectivity index (χ0) is 27.1. The highest BCUT2D eigenvalue weighted by atomic mass is 16.5. The van der Waals surface area contributed by atoms with Crippen LogP contribution in [-0.4, -0.2) is 35.0 Å². The maximum absolute atomic E-state index is 13.7. The number of hydrogen-bond donors (Lipinski definition) is 1. The molecule has 0 bridgehead atoms. The van der Waals surface area contributed by atoms with E-state index in [4.69, 9.17) is 9.47 Å². The first kappa shape index (κ1) is 26.6. The van der Waals surface area contributed by atoms with E-state index in [1.807, 2.05) is 90.1 Å². The van der Waals surface area contributed by atoms with Crippen molar-refractivity contribution in [1.82, 2.24) is 4.57 Å². The summed E-state index contributed by atoms with van der Waals surface area (Å²) in [7, 11) is 1.60. The van der Waals surface area contributed by atoms with E-state index in [1.165, 1.54) is 0 Å². The zero-order valence-electron chi connectivity index (χ0n) is 22.6. The van der Waals surface area contributed by atoms with Crippen molar-refractivity contribution in [1.29, 1.82) is 0 Å². The maximum Gasteiger partial charge on any atom is 0.337 e. The number of benzene rings is 3. The van der Waals surface area contributed by atoms with Gasteiger partial charge in [-0.3, -0.25) is 4.79 Å². The second-order valence-electron chi connectivity index (χ2n) is 10.6. The molecule has 6 nitrogen and oxygen atoms in total. The van der Waals surface area contributed by atoms with Gasteiger partial charge in [-0.25, -0.2) is 4.79 Å². The Balaban J connectivity index is 2.28. The fourth-order valence-electron chi connectivity index (χ4n) is 5.21. The van der Waals surface area contributed by atoms with Gasteiger partial charge in [0, 0.05) is 30.0 Å². The number of rotatable bonds is 7. The third-order valence-corrected chi connectivity index (χ3v) is 6.77. The number of ether oxygens (including phenoxy) is 2. The zero-order valence-corrected chi connectivity index (χ0v) is 22.6. The highest BCUT2D eigenvalue weighted by Gasteiger charge is 2.33. The minimum atomic E-state index is -1.23. The maximum atomic E-state index is 13.7. The summed E-state index contributed by atoms with van der Waals surface area (Å²) in [6.45, 7) is 12.2. The first-order chi connectivity index (χ1) is 17.5. The van der Waals surface area contributed by atoms with E-state index in [0.717, 1.165) is 33.0 Å². The SMILES string of the molecule is COCCn1c(=O)c2ccccc2c2c(C)c(-c3ccc(C)cc3)c([C@H](OC(C)(C)C)C(=O)O)c(C)c21. The fourth-order valence-corrected chi connectivity index (χ4v) is 5.21. The van der Waals surface area contributed by atoms with E-state index in [1.54, 1.807) is 11.7 Å². The first-order valence-corrected chi connectivity index (χ1v) is 12.5. The Morgan fingerprint density at radius 3 is 2.16 bits per heavy atom. The van der Waals surface area contributed by atoms with Gasteiger partial charge in [0.1, 0.15) is 0 Å². The largest absolute Gasteiger partial charge is 0.479 e. The average molecular weight is 502 g/mol. The van der Waals surface area contributed by atoms with Gasteiger partial charge >= 0.3 is 5.97 Å². The number of methoxy groups -OCH3 is 1. The molecule has 1 N–H and O–H groups in total. The van der Waals surface area contributed by atoms with Crippen molar-refractivity contribution in [3.63, 3.8) is 0 Å². The second-order valence-corrected chi connectivity index (χ2v) is 10.6. The monoisotopic (exact) mass is 501 g/mol. The molecule has 4 aromatic rings. The number of carboxylic acids is 1. The molecular weight excluding hydrogens is 466 g/mol. The molecule has 0 fully saturated rings. The lowest BCUT2D eigenvalue weighted by atomic mass is 9.84. The molecular formula is C31H35NO5. The molecule has 0 saturated carbocycles. The van der Waals surface area contributed by atoms with Crippen molar-refractivity contribution in [3.05, 3.63) is 81.1 Å². The number of pyridine rings is 1. The third-order valence-electron chi connectivity index (χ3n) is 6.77. The minimum Gasteiger partial charge on any atom is -0.479 e. The Hall–Kier alpha value is -3.48. The molecule has 0 aliphatic carbocycles. The number of aryl methyl sites for hydroxylation is 3. The van der Waals surface area contributed by atoms with Crippen LogP contribution in [0.25, 0.3) is 32.8 Å². The van der Waals surface area contributed by atoms with E-state index < -0.39 is 17.7 Å². The molecule has 0 saturated heterocycles. The predicted octanol–water partition coefficient (Wildman–Crippen LogP) is 6.33. The molecule has 0 amide bonds. The molecule has 0 radical (unpaired) electrons. The van der Waals surface area contributed by atoms with Gasteiger partial charge in [0.2, 0.25) is 0 Å². The molecule has 0 unspecified atom stereocenters. The molecule has 37 heavy (non-hydrogen) atoms. The molecule has 0 aliphatic heterocycles. The summed E-state index contributed by atoms with van der Waals surface area (Å²) in [4.78, 5) is 26.4. The highest BCUT2D eigenvalue weighted by molar-refractivity contribution is 6.11. The predicted molar refractivity (Wildman–Crippen MR) is 148 cm³/mol. The quantitative estimate of drug-likeness (QED) is 0.299. The molecule has 6 heteroatoms. The van der Waals surface area contributed by atoms with Crippen LogP contribution in [-0.2, 0) is 20.8 Å². The molecule has 194 valence electrons. The summed E-state index contributed by atoms with van der Waals surface area (Å²) in [5.41, 5.74) is 4.92. The van der Waals surface area contributed by atoms with Crippen LogP contribution in [0.5, 0.6) is 0 Å². The Morgan fingerprint density at radius 2 is 1.59 bits per heavy atom. The van der Waals surface area contributed by atoms with Crippen molar-refractivity contribution in [2.45, 2.75) is 59.8 Å². The van der Waals surface area contributed by atoms with Crippen molar-refractivity contribution in [2.75, 3.05) is 13.7 Å². The van der Waals surface area contributed by atoms with E-state index in [-0.39, 0.29) is 5.56 Å². The number of carboxylic acid groups (broad SMARTS) is 1. The third kappa shape index (κ3) is 4.91.